The van der Waals surface area contributed by atoms with E-state index in [9.17, 15) is 18.8 Å². The van der Waals surface area contributed by atoms with Crippen molar-refractivity contribution < 1.29 is 23.5 Å². The van der Waals surface area contributed by atoms with E-state index in [0.717, 1.165) is 0 Å². The summed E-state index contributed by atoms with van der Waals surface area (Å²) in [6, 6.07) is 5.84. The average molecular weight is 423 g/mol. The number of nitrogens with zero attached hydrogens (tertiary/aromatic N) is 3. The van der Waals surface area contributed by atoms with Crippen LogP contribution in [0.2, 0.25) is 0 Å². The van der Waals surface area contributed by atoms with Gasteiger partial charge in [0.15, 0.2) is 18.2 Å². The first-order valence-corrected chi connectivity index (χ1v) is 9.97. The highest BCUT2D eigenvalue weighted by Crippen LogP contribution is 2.15. The second-order valence-corrected chi connectivity index (χ2v) is 8.42. The number of piperazine rings is 1. The lowest BCUT2D eigenvalue weighted by Gasteiger charge is -2.35. The molecule has 1 N–H and O–H groups in total. The fourth-order valence-corrected chi connectivity index (χ4v) is 3.02. The monoisotopic (exact) mass is 422 g/mol. The average Bonchev–Trinajstić information content (AvgIpc) is 2.66. The zero-order valence-corrected chi connectivity index (χ0v) is 18.1. The van der Waals surface area contributed by atoms with Crippen molar-refractivity contribution in [3.63, 3.8) is 0 Å². The molecule has 1 aliphatic rings. The third kappa shape index (κ3) is 7.62. The summed E-state index contributed by atoms with van der Waals surface area (Å²) in [7, 11) is 1.51. The van der Waals surface area contributed by atoms with E-state index in [1.54, 1.807) is 11.0 Å². The molecule has 0 aromatic heterocycles. The van der Waals surface area contributed by atoms with Crippen molar-refractivity contribution in [1.29, 1.82) is 0 Å². The summed E-state index contributed by atoms with van der Waals surface area (Å²) in [6.07, 6.45) is 0. The second kappa shape index (κ2) is 10.4. The number of likely N-dealkylation sites (N-methyl/N-ethyl adjacent to an activating group) is 1. The van der Waals surface area contributed by atoms with E-state index in [-0.39, 0.29) is 36.3 Å². The molecule has 1 aromatic rings. The lowest BCUT2D eigenvalue weighted by molar-refractivity contribution is -0.141. The molecule has 1 saturated heterocycles. The van der Waals surface area contributed by atoms with Gasteiger partial charge < -0.3 is 19.9 Å². The molecule has 166 valence electrons. The fraction of sp³-hybridized carbons (Fsp3) is 0.571. The number of hydrogen-bond donors (Lipinski definition) is 1. The first kappa shape index (κ1) is 23.6. The van der Waals surface area contributed by atoms with E-state index >= 15 is 0 Å². The van der Waals surface area contributed by atoms with Gasteiger partial charge in [0.25, 0.3) is 5.91 Å². The van der Waals surface area contributed by atoms with Gasteiger partial charge in [-0.1, -0.05) is 12.1 Å². The molecular weight excluding hydrogens is 391 g/mol. The molecule has 30 heavy (non-hydrogen) atoms. The van der Waals surface area contributed by atoms with Crippen LogP contribution in [0.4, 0.5) is 4.39 Å². The molecule has 0 bridgehead atoms. The molecule has 0 saturated carbocycles. The van der Waals surface area contributed by atoms with Crippen molar-refractivity contribution in [2.24, 2.45) is 0 Å². The van der Waals surface area contributed by atoms with Gasteiger partial charge in [-0.2, -0.15) is 0 Å². The highest BCUT2D eigenvalue weighted by atomic mass is 19.1. The van der Waals surface area contributed by atoms with E-state index in [0.29, 0.717) is 32.7 Å². The van der Waals surface area contributed by atoms with Gasteiger partial charge in [-0.25, -0.2) is 4.39 Å². The lowest BCUT2D eigenvalue weighted by Crippen LogP contribution is -2.54. The zero-order chi connectivity index (χ0) is 22.3. The summed E-state index contributed by atoms with van der Waals surface area (Å²) in [4.78, 5) is 41.7. The maximum absolute atomic E-state index is 13.5. The van der Waals surface area contributed by atoms with Crippen molar-refractivity contribution >= 4 is 17.7 Å². The van der Waals surface area contributed by atoms with E-state index in [2.05, 4.69) is 5.32 Å². The molecule has 0 unspecified atom stereocenters. The molecule has 0 radical (unpaired) electrons. The summed E-state index contributed by atoms with van der Waals surface area (Å²) in [5, 5.41) is 2.93. The molecular formula is C21H31FN4O4. The van der Waals surface area contributed by atoms with Crippen LogP contribution in [0, 0.1) is 5.82 Å². The Balaban J connectivity index is 1.72. The molecule has 9 heteroatoms. The van der Waals surface area contributed by atoms with Crippen LogP contribution in [-0.2, 0) is 14.4 Å². The fourth-order valence-electron chi connectivity index (χ4n) is 3.02. The molecule has 1 fully saturated rings. The van der Waals surface area contributed by atoms with Crippen LogP contribution in [0.25, 0.3) is 0 Å². The Morgan fingerprint density at radius 2 is 1.77 bits per heavy atom. The maximum atomic E-state index is 13.5. The molecule has 1 aromatic carbocycles. The Morgan fingerprint density at radius 3 is 2.37 bits per heavy atom. The number of nitrogens with one attached hydrogen (secondary N) is 1. The van der Waals surface area contributed by atoms with Crippen LogP contribution in [0.1, 0.15) is 20.8 Å². The topological polar surface area (TPSA) is 82.2 Å². The van der Waals surface area contributed by atoms with Crippen LogP contribution in [-0.4, -0.2) is 90.9 Å². The van der Waals surface area contributed by atoms with Crippen molar-refractivity contribution in [2.75, 3.05) is 52.9 Å². The van der Waals surface area contributed by atoms with Crippen molar-refractivity contribution in [3.05, 3.63) is 30.1 Å². The van der Waals surface area contributed by atoms with Gasteiger partial charge in [0, 0.05) is 38.8 Å². The normalized spacial score (nSPS) is 14.9. The zero-order valence-electron chi connectivity index (χ0n) is 18.1. The van der Waals surface area contributed by atoms with Crippen LogP contribution in [0.3, 0.4) is 0 Å². The number of hydrogen-bond acceptors (Lipinski definition) is 5. The predicted octanol–water partition coefficient (Wildman–Crippen LogP) is 0.722. The summed E-state index contributed by atoms with van der Waals surface area (Å²) in [5.74, 6) is -1.17. The molecule has 0 atom stereocenters. The van der Waals surface area contributed by atoms with Gasteiger partial charge in [-0.05, 0) is 32.9 Å². The summed E-state index contributed by atoms with van der Waals surface area (Å²) < 4.78 is 18.7. The van der Waals surface area contributed by atoms with Gasteiger partial charge in [0.05, 0.1) is 13.1 Å². The number of rotatable bonds is 7. The van der Waals surface area contributed by atoms with E-state index in [4.69, 9.17) is 4.74 Å². The van der Waals surface area contributed by atoms with Crippen LogP contribution in [0.5, 0.6) is 5.75 Å². The number of benzene rings is 1. The number of ether oxygens (including phenoxy) is 1. The Hall–Kier alpha value is -2.68. The summed E-state index contributed by atoms with van der Waals surface area (Å²) in [6.45, 7) is 7.85. The van der Waals surface area contributed by atoms with Gasteiger partial charge in [-0.15, -0.1) is 0 Å². The van der Waals surface area contributed by atoms with Crippen LogP contribution in [0.15, 0.2) is 24.3 Å². The Labute approximate surface area is 176 Å². The Morgan fingerprint density at radius 1 is 1.13 bits per heavy atom. The summed E-state index contributed by atoms with van der Waals surface area (Å²) >= 11 is 0. The SMILES string of the molecule is CN(CC(=O)N1CCN(CC(=O)NC(C)(C)C)CC1)C(=O)COc1ccccc1F. The Bertz CT molecular complexity index is 758. The molecule has 8 nitrogen and oxygen atoms in total. The lowest BCUT2D eigenvalue weighted by atomic mass is 10.1. The molecule has 0 aliphatic carbocycles. The minimum Gasteiger partial charge on any atom is -0.481 e. The second-order valence-electron chi connectivity index (χ2n) is 8.42. The maximum Gasteiger partial charge on any atom is 0.260 e. The first-order chi connectivity index (χ1) is 14.0. The number of halogens is 1. The van der Waals surface area contributed by atoms with Gasteiger partial charge >= 0.3 is 0 Å². The van der Waals surface area contributed by atoms with Crippen LogP contribution >= 0.6 is 0 Å². The Kier molecular flexibility index (Phi) is 8.16. The standard InChI is InChI=1S/C21H31FN4O4/c1-21(2,3)23-18(27)13-25-9-11-26(12-10-25)19(28)14-24(4)20(29)15-30-17-8-6-5-7-16(17)22/h5-8H,9-15H2,1-4H3,(H,23,27). The summed E-state index contributed by atoms with van der Waals surface area (Å²) in [5.41, 5.74) is -0.276. The third-order valence-electron chi connectivity index (χ3n) is 4.59. The minimum atomic E-state index is -0.543. The first-order valence-electron chi connectivity index (χ1n) is 9.97. The molecule has 1 heterocycles. The van der Waals surface area contributed by atoms with Crippen molar-refractivity contribution in [3.8, 4) is 5.75 Å². The van der Waals surface area contributed by atoms with E-state index in [1.165, 1.54) is 30.1 Å². The third-order valence-corrected chi connectivity index (χ3v) is 4.59. The largest absolute Gasteiger partial charge is 0.481 e. The number of carbonyl (C=O) groups excluding carboxylic acids is 3. The number of amides is 3. The van der Waals surface area contributed by atoms with Gasteiger partial charge in [0.2, 0.25) is 11.8 Å². The highest BCUT2D eigenvalue weighted by molar-refractivity contribution is 5.85. The van der Waals surface area contributed by atoms with Gasteiger partial charge in [-0.3, -0.25) is 19.3 Å². The molecule has 3 amide bonds. The molecule has 1 aliphatic heterocycles. The quantitative estimate of drug-likeness (QED) is 0.700. The predicted molar refractivity (Wildman–Crippen MR) is 110 cm³/mol. The van der Waals surface area contributed by atoms with Crippen molar-refractivity contribution in [1.82, 2.24) is 20.0 Å². The van der Waals surface area contributed by atoms with E-state index < -0.39 is 11.7 Å². The van der Waals surface area contributed by atoms with Crippen LogP contribution < -0.4 is 10.1 Å². The number of para-hydroxylation sites is 1. The minimum absolute atomic E-state index is 0.00260. The smallest absolute Gasteiger partial charge is 0.260 e. The molecule has 0 spiro atoms. The van der Waals surface area contributed by atoms with Gasteiger partial charge in [0.1, 0.15) is 0 Å². The van der Waals surface area contributed by atoms with Crippen molar-refractivity contribution in [2.45, 2.75) is 26.3 Å². The molecule has 2 rings (SSSR count). The highest BCUT2D eigenvalue weighted by Gasteiger charge is 2.25. The van der Waals surface area contributed by atoms with E-state index in [1.807, 2.05) is 25.7 Å². The number of carbonyl (C=O) groups is 3.